The molecule has 2 aliphatic rings. The number of hydrogen-bond acceptors (Lipinski definition) is 17. The number of ether oxygens (including phenoxy) is 4. The Balaban J connectivity index is 1.93. The van der Waals surface area contributed by atoms with Crippen molar-refractivity contribution >= 4 is 0 Å². The minimum Gasteiger partial charge on any atom is -0.394 e. The molecule has 0 aliphatic carbocycles. The summed E-state index contributed by atoms with van der Waals surface area (Å²) < 4.78 is 21.1. The summed E-state index contributed by atoms with van der Waals surface area (Å²) >= 11 is 0. The van der Waals surface area contributed by atoms with Crippen LogP contribution >= 0.6 is 0 Å². The van der Waals surface area contributed by atoms with Gasteiger partial charge in [-0.25, -0.2) is 0 Å². The number of nitrogens with two attached hydrogens (primary N) is 1. The zero-order chi connectivity index (χ0) is 28.0. The third kappa shape index (κ3) is 8.16. The summed E-state index contributed by atoms with van der Waals surface area (Å²) in [6.45, 7) is -2.05. The van der Waals surface area contributed by atoms with Crippen LogP contribution in [0, 0.1) is 0 Å². The molecule has 3 unspecified atom stereocenters. The van der Waals surface area contributed by atoms with Crippen LogP contribution in [0.3, 0.4) is 0 Å². The van der Waals surface area contributed by atoms with Gasteiger partial charge in [0, 0.05) is 13.2 Å². The van der Waals surface area contributed by atoms with Gasteiger partial charge in [-0.15, -0.1) is 0 Å². The summed E-state index contributed by atoms with van der Waals surface area (Å²) in [6, 6.07) is 0. The highest BCUT2D eigenvalue weighted by atomic mass is 16.7. The van der Waals surface area contributed by atoms with Crippen molar-refractivity contribution in [2.45, 2.75) is 85.8 Å². The fourth-order valence-corrected chi connectivity index (χ4v) is 3.84. The first kappa shape index (κ1) is 32.5. The Morgan fingerprint density at radius 3 is 1.76 bits per heavy atom. The van der Waals surface area contributed by atoms with Gasteiger partial charge in [-0.1, -0.05) is 0 Å². The number of nitrogens with zero attached hydrogens (tertiary/aromatic N) is 1. The first-order valence-corrected chi connectivity index (χ1v) is 11.7. The molecule has 0 amide bonds. The van der Waals surface area contributed by atoms with E-state index >= 15 is 0 Å². The monoisotopic (exact) mass is 548 g/mol. The lowest BCUT2D eigenvalue weighted by molar-refractivity contribution is -0.333. The summed E-state index contributed by atoms with van der Waals surface area (Å²) in [4.78, 5) is 1.45. The maximum absolute atomic E-state index is 10.2. The Kier molecular flexibility index (Phi) is 12.9. The van der Waals surface area contributed by atoms with Crippen LogP contribution in [0.25, 0.3) is 0 Å². The van der Waals surface area contributed by atoms with Gasteiger partial charge in [-0.05, 0) is 7.05 Å². The van der Waals surface area contributed by atoms with E-state index in [-0.39, 0.29) is 13.2 Å². The maximum atomic E-state index is 10.2. The van der Waals surface area contributed by atoms with Crippen molar-refractivity contribution in [2.75, 3.05) is 40.1 Å². The van der Waals surface area contributed by atoms with E-state index in [9.17, 15) is 56.2 Å². The first-order chi connectivity index (χ1) is 17.3. The topological polar surface area (TPSA) is 289 Å². The van der Waals surface area contributed by atoms with Crippen LogP contribution in [0.2, 0.25) is 0 Å². The molecule has 2 rings (SSSR count). The third-order valence-corrected chi connectivity index (χ3v) is 6.32. The number of aliphatic hydroxyl groups is 11. The third-order valence-electron chi connectivity index (χ3n) is 6.32. The van der Waals surface area contributed by atoms with Crippen LogP contribution < -0.4 is 5.73 Å². The Morgan fingerprint density at radius 1 is 0.730 bits per heavy atom. The van der Waals surface area contributed by atoms with Gasteiger partial charge in [-0.2, -0.15) is 0 Å². The molecule has 13 N–H and O–H groups in total. The smallest absolute Gasteiger partial charge is 0.186 e. The molecular formula is C20H40N2O15. The highest BCUT2D eigenvalue weighted by molar-refractivity contribution is 4.92. The van der Waals surface area contributed by atoms with Crippen molar-refractivity contribution in [1.82, 2.24) is 4.90 Å². The second-order valence-corrected chi connectivity index (χ2v) is 9.22. The Bertz CT molecular complexity index is 665. The Labute approximate surface area is 212 Å². The molecule has 14 atom stereocenters. The molecule has 17 heteroatoms. The van der Waals surface area contributed by atoms with E-state index in [1.54, 1.807) is 7.05 Å². The molecule has 2 fully saturated rings. The van der Waals surface area contributed by atoms with E-state index in [0.29, 0.717) is 0 Å². The predicted octanol–water partition coefficient (Wildman–Crippen LogP) is -8.08. The molecule has 0 bridgehead atoms. The Morgan fingerprint density at radius 2 is 1.22 bits per heavy atom. The zero-order valence-electron chi connectivity index (χ0n) is 20.2. The molecule has 2 aliphatic heterocycles. The molecule has 0 aromatic heterocycles. The lowest BCUT2D eigenvalue weighted by atomic mass is 9.98. The highest BCUT2D eigenvalue weighted by Crippen LogP contribution is 2.26. The standard InChI is InChI=1S/C20H40N2O15/c1-22(6-21)2-7(24)11(26)12(27)8(25)4-34-19-18(33)16(31)14(29)10(37-19)5-35-20-17(32)15(30)13(28)9(3-23)36-20/h7-20,23-33H,2-6,21H2,1H3/t7?,8?,9-,10?,11-,12-,13-,14-,15+,16+,17-,18-,19-,20-/m1/s1. The van der Waals surface area contributed by atoms with E-state index in [0.717, 1.165) is 0 Å². The van der Waals surface area contributed by atoms with Gasteiger partial charge in [-0.3, -0.25) is 4.90 Å². The van der Waals surface area contributed by atoms with E-state index in [4.69, 9.17) is 24.7 Å². The molecule has 0 spiro atoms. The first-order valence-electron chi connectivity index (χ1n) is 11.7. The summed E-state index contributed by atoms with van der Waals surface area (Å²) in [5, 5.41) is 110. The van der Waals surface area contributed by atoms with Crippen molar-refractivity contribution in [3.05, 3.63) is 0 Å². The zero-order valence-corrected chi connectivity index (χ0v) is 20.2. The Hall–Kier alpha value is -0.680. The predicted molar refractivity (Wildman–Crippen MR) is 118 cm³/mol. The van der Waals surface area contributed by atoms with Crippen molar-refractivity contribution in [2.24, 2.45) is 5.73 Å². The molecule has 0 aromatic rings. The second-order valence-electron chi connectivity index (χ2n) is 9.22. The van der Waals surface area contributed by atoms with Crippen LogP contribution in [0.4, 0.5) is 0 Å². The minimum atomic E-state index is -1.87. The van der Waals surface area contributed by atoms with Crippen LogP contribution in [0.15, 0.2) is 0 Å². The van der Waals surface area contributed by atoms with Gasteiger partial charge in [0.15, 0.2) is 12.6 Å². The minimum absolute atomic E-state index is 0.0674. The lowest BCUT2D eigenvalue weighted by Gasteiger charge is -2.42. The average molecular weight is 549 g/mol. The second kappa shape index (κ2) is 14.6. The summed E-state index contributed by atoms with van der Waals surface area (Å²) in [6.07, 6.45) is -23.1. The molecule has 2 heterocycles. The summed E-state index contributed by atoms with van der Waals surface area (Å²) in [5.41, 5.74) is 5.39. The molecule has 0 radical (unpaired) electrons. The van der Waals surface area contributed by atoms with E-state index in [2.05, 4.69) is 0 Å². The fourth-order valence-electron chi connectivity index (χ4n) is 3.84. The van der Waals surface area contributed by atoms with Crippen molar-refractivity contribution in [1.29, 1.82) is 0 Å². The summed E-state index contributed by atoms with van der Waals surface area (Å²) in [7, 11) is 1.56. The van der Waals surface area contributed by atoms with Crippen LogP contribution in [-0.4, -0.2) is 187 Å². The van der Waals surface area contributed by atoms with Crippen molar-refractivity contribution in [3.63, 3.8) is 0 Å². The van der Waals surface area contributed by atoms with Gasteiger partial charge in [0.1, 0.15) is 67.1 Å². The molecule has 220 valence electrons. The molecular weight excluding hydrogens is 508 g/mol. The van der Waals surface area contributed by atoms with E-state index in [1.165, 1.54) is 4.90 Å². The largest absolute Gasteiger partial charge is 0.394 e. The molecule has 17 nitrogen and oxygen atoms in total. The van der Waals surface area contributed by atoms with Crippen molar-refractivity contribution < 1.29 is 75.1 Å². The number of aliphatic hydroxyl groups excluding tert-OH is 11. The maximum Gasteiger partial charge on any atom is 0.186 e. The van der Waals surface area contributed by atoms with Gasteiger partial charge >= 0.3 is 0 Å². The summed E-state index contributed by atoms with van der Waals surface area (Å²) in [5.74, 6) is 0. The molecule has 0 saturated carbocycles. The van der Waals surface area contributed by atoms with E-state index < -0.39 is 106 Å². The highest BCUT2D eigenvalue weighted by Gasteiger charge is 2.47. The van der Waals surface area contributed by atoms with Crippen molar-refractivity contribution in [3.8, 4) is 0 Å². The number of hydrogen-bond donors (Lipinski definition) is 12. The van der Waals surface area contributed by atoms with Gasteiger partial charge in [0.05, 0.1) is 25.9 Å². The van der Waals surface area contributed by atoms with Gasteiger partial charge in [0.2, 0.25) is 0 Å². The quantitative estimate of drug-likeness (QED) is 0.0951. The molecule has 2 saturated heterocycles. The van der Waals surface area contributed by atoms with Gasteiger partial charge in [0.25, 0.3) is 0 Å². The molecule has 37 heavy (non-hydrogen) atoms. The lowest BCUT2D eigenvalue weighted by Crippen LogP contribution is -2.62. The average Bonchev–Trinajstić information content (AvgIpc) is 2.89. The van der Waals surface area contributed by atoms with Crippen LogP contribution in [-0.2, 0) is 18.9 Å². The number of likely N-dealkylation sites (N-methyl/N-ethyl adjacent to an activating group) is 1. The van der Waals surface area contributed by atoms with E-state index in [1.807, 2.05) is 0 Å². The number of rotatable bonds is 13. The van der Waals surface area contributed by atoms with Crippen LogP contribution in [0.1, 0.15) is 0 Å². The molecule has 0 aromatic carbocycles. The normalized spacial score (nSPS) is 40.4. The fraction of sp³-hybridized carbons (Fsp3) is 1.00. The SMILES string of the molecule is CN(CN)CC(O)[C@@H](O)[C@H](O)C(O)CO[C@@H]1OC(CO[C@@H]2O[C@H](CO)[C@@H](O)[C@H](O)[C@H]2O)[C@@H](O)[C@H](O)[C@H]1O. The van der Waals surface area contributed by atoms with Crippen LogP contribution in [0.5, 0.6) is 0 Å². The van der Waals surface area contributed by atoms with Gasteiger partial charge < -0.3 is 80.9 Å².